The minimum atomic E-state index is -0.988. The zero-order chi connectivity index (χ0) is 20.5. The number of methoxy groups -OCH3 is 1. The highest BCUT2D eigenvalue weighted by atomic mass is 35.5. The molecule has 0 saturated heterocycles. The number of amides is 2. The molecule has 0 aliphatic heterocycles. The number of hydrogen-bond donors (Lipinski definition) is 2. The molecule has 0 radical (unpaired) electrons. The molecule has 2 aromatic rings. The molecule has 2 N–H and O–H groups in total. The highest BCUT2D eigenvalue weighted by Crippen LogP contribution is 2.11. The molecule has 0 aliphatic carbocycles. The summed E-state index contributed by atoms with van der Waals surface area (Å²) in [6.45, 7) is 1.40. The van der Waals surface area contributed by atoms with E-state index in [1.165, 1.54) is 19.1 Å². The molecule has 2 amide bonds. The van der Waals surface area contributed by atoms with E-state index in [9.17, 15) is 14.4 Å². The SMILES string of the molecule is COc1ccc(CNC(=O)[C@@H](C)OC(=O)CNC(=O)c2ccc(Cl)cc2)cc1. The van der Waals surface area contributed by atoms with E-state index in [0.717, 1.165) is 11.3 Å². The van der Waals surface area contributed by atoms with Crippen LogP contribution >= 0.6 is 11.6 Å². The first-order valence-electron chi connectivity index (χ1n) is 8.53. The first-order chi connectivity index (χ1) is 13.4. The van der Waals surface area contributed by atoms with Crippen LogP contribution in [0.5, 0.6) is 5.75 Å². The molecular formula is C20H21ClN2O5. The third kappa shape index (κ3) is 6.59. The number of benzene rings is 2. The van der Waals surface area contributed by atoms with Gasteiger partial charge in [0.25, 0.3) is 11.8 Å². The predicted octanol–water partition coefficient (Wildman–Crippen LogP) is 2.33. The lowest BCUT2D eigenvalue weighted by Gasteiger charge is -2.14. The van der Waals surface area contributed by atoms with Crippen LogP contribution in [0, 0.1) is 0 Å². The van der Waals surface area contributed by atoms with E-state index in [1.54, 1.807) is 31.4 Å². The molecule has 1 atom stereocenters. The molecule has 0 aliphatic rings. The molecule has 0 unspecified atom stereocenters. The van der Waals surface area contributed by atoms with Crippen LogP contribution < -0.4 is 15.4 Å². The molecule has 0 bridgehead atoms. The van der Waals surface area contributed by atoms with Crippen LogP contribution in [0.2, 0.25) is 5.02 Å². The third-order valence-electron chi connectivity index (χ3n) is 3.80. The van der Waals surface area contributed by atoms with Gasteiger partial charge in [-0.1, -0.05) is 23.7 Å². The van der Waals surface area contributed by atoms with Crippen LogP contribution in [0.4, 0.5) is 0 Å². The van der Waals surface area contributed by atoms with Gasteiger partial charge in [-0.15, -0.1) is 0 Å². The van der Waals surface area contributed by atoms with Crippen molar-refractivity contribution >= 4 is 29.4 Å². The van der Waals surface area contributed by atoms with E-state index in [2.05, 4.69) is 10.6 Å². The van der Waals surface area contributed by atoms with E-state index >= 15 is 0 Å². The van der Waals surface area contributed by atoms with Crippen molar-refractivity contribution in [3.8, 4) is 5.75 Å². The lowest BCUT2D eigenvalue weighted by atomic mass is 10.2. The summed E-state index contributed by atoms with van der Waals surface area (Å²) in [5, 5.41) is 5.62. The summed E-state index contributed by atoms with van der Waals surface area (Å²) in [5.41, 5.74) is 1.24. The first-order valence-corrected chi connectivity index (χ1v) is 8.90. The molecule has 8 heteroatoms. The van der Waals surface area contributed by atoms with Crippen LogP contribution in [-0.4, -0.2) is 37.5 Å². The lowest BCUT2D eigenvalue weighted by Crippen LogP contribution is -2.38. The summed E-state index contributed by atoms with van der Waals surface area (Å²) in [5.74, 6) is -0.870. The van der Waals surface area contributed by atoms with Gasteiger partial charge in [0.2, 0.25) is 0 Å². The smallest absolute Gasteiger partial charge is 0.326 e. The van der Waals surface area contributed by atoms with Gasteiger partial charge in [0.05, 0.1) is 7.11 Å². The number of carbonyl (C=O) groups excluding carboxylic acids is 3. The molecule has 0 aromatic heterocycles. The van der Waals surface area contributed by atoms with Gasteiger partial charge in [-0.2, -0.15) is 0 Å². The molecule has 28 heavy (non-hydrogen) atoms. The monoisotopic (exact) mass is 404 g/mol. The molecule has 0 spiro atoms. The van der Waals surface area contributed by atoms with Crippen molar-refractivity contribution in [2.45, 2.75) is 19.6 Å². The maximum absolute atomic E-state index is 12.1. The number of carbonyl (C=O) groups is 3. The normalized spacial score (nSPS) is 11.2. The molecule has 2 aromatic carbocycles. The fourth-order valence-corrected chi connectivity index (χ4v) is 2.35. The number of ether oxygens (including phenoxy) is 2. The van der Waals surface area contributed by atoms with Gasteiger partial charge in [-0.25, -0.2) is 0 Å². The highest BCUT2D eigenvalue weighted by molar-refractivity contribution is 6.30. The summed E-state index contributed by atoms with van der Waals surface area (Å²) >= 11 is 5.76. The van der Waals surface area contributed by atoms with Crippen molar-refractivity contribution in [3.05, 3.63) is 64.7 Å². The van der Waals surface area contributed by atoms with E-state index < -0.39 is 23.9 Å². The molecule has 0 fully saturated rings. The van der Waals surface area contributed by atoms with E-state index in [0.29, 0.717) is 10.6 Å². The zero-order valence-electron chi connectivity index (χ0n) is 15.5. The van der Waals surface area contributed by atoms with Crippen LogP contribution in [0.25, 0.3) is 0 Å². The second kappa shape index (κ2) is 10.3. The fraction of sp³-hybridized carbons (Fsp3) is 0.250. The molecule has 7 nitrogen and oxygen atoms in total. The Hall–Kier alpha value is -3.06. The van der Waals surface area contributed by atoms with Crippen molar-refractivity contribution in [1.82, 2.24) is 10.6 Å². The highest BCUT2D eigenvalue weighted by Gasteiger charge is 2.18. The number of hydrogen-bond acceptors (Lipinski definition) is 5. The second-order valence-electron chi connectivity index (χ2n) is 5.89. The molecule has 148 valence electrons. The Morgan fingerprint density at radius 1 is 1.00 bits per heavy atom. The molecule has 2 rings (SSSR count). The number of rotatable bonds is 8. The van der Waals surface area contributed by atoms with Gasteiger partial charge >= 0.3 is 5.97 Å². The molecule has 0 heterocycles. The van der Waals surface area contributed by atoms with Gasteiger partial charge in [0, 0.05) is 17.1 Å². The van der Waals surface area contributed by atoms with Crippen LogP contribution in [-0.2, 0) is 20.9 Å². The van der Waals surface area contributed by atoms with Crippen molar-refractivity contribution in [3.63, 3.8) is 0 Å². The minimum Gasteiger partial charge on any atom is -0.497 e. The first kappa shape index (κ1) is 21.2. The Labute approximate surface area is 168 Å². The standard InChI is InChI=1S/C20H21ClN2O5/c1-13(19(25)22-11-14-3-9-17(27-2)10-4-14)28-18(24)12-23-20(26)15-5-7-16(21)8-6-15/h3-10,13H,11-12H2,1-2H3,(H,22,25)(H,23,26)/t13-/m1/s1. The van der Waals surface area contributed by atoms with Crippen molar-refractivity contribution in [2.24, 2.45) is 0 Å². The topological polar surface area (TPSA) is 93.7 Å². The largest absolute Gasteiger partial charge is 0.497 e. The molecular weight excluding hydrogens is 384 g/mol. The maximum atomic E-state index is 12.1. The van der Waals surface area contributed by atoms with Gasteiger partial charge in [-0.3, -0.25) is 14.4 Å². The van der Waals surface area contributed by atoms with E-state index in [4.69, 9.17) is 21.1 Å². The Kier molecular flexibility index (Phi) is 7.83. The average molecular weight is 405 g/mol. The van der Waals surface area contributed by atoms with Crippen molar-refractivity contribution in [2.75, 3.05) is 13.7 Å². The predicted molar refractivity (Wildman–Crippen MR) is 104 cm³/mol. The lowest BCUT2D eigenvalue weighted by molar-refractivity contribution is -0.153. The van der Waals surface area contributed by atoms with E-state index in [1.807, 2.05) is 12.1 Å². The fourth-order valence-electron chi connectivity index (χ4n) is 2.22. The zero-order valence-corrected chi connectivity index (χ0v) is 16.3. The Bertz CT molecular complexity index is 821. The Morgan fingerprint density at radius 3 is 2.25 bits per heavy atom. The minimum absolute atomic E-state index is 0.290. The summed E-state index contributed by atoms with van der Waals surface area (Å²) < 4.78 is 10.1. The Morgan fingerprint density at radius 2 is 1.64 bits per heavy atom. The van der Waals surface area contributed by atoms with Gasteiger partial charge in [0.15, 0.2) is 6.10 Å². The summed E-state index contributed by atoms with van der Waals surface area (Å²) in [6.07, 6.45) is -0.988. The van der Waals surface area contributed by atoms with Gasteiger partial charge in [-0.05, 0) is 48.9 Å². The van der Waals surface area contributed by atoms with Crippen LogP contribution in [0.1, 0.15) is 22.8 Å². The van der Waals surface area contributed by atoms with Crippen LogP contribution in [0.15, 0.2) is 48.5 Å². The Balaban J connectivity index is 1.73. The summed E-state index contributed by atoms with van der Waals surface area (Å²) in [7, 11) is 1.57. The van der Waals surface area contributed by atoms with Gasteiger partial charge in [0.1, 0.15) is 12.3 Å². The number of halogens is 1. The maximum Gasteiger partial charge on any atom is 0.326 e. The summed E-state index contributed by atoms with van der Waals surface area (Å²) in [4.78, 5) is 35.8. The third-order valence-corrected chi connectivity index (χ3v) is 4.05. The number of nitrogens with one attached hydrogen (secondary N) is 2. The summed E-state index contributed by atoms with van der Waals surface area (Å²) in [6, 6.07) is 13.4. The average Bonchev–Trinajstić information content (AvgIpc) is 2.71. The van der Waals surface area contributed by atoms with Gasteiger partial charge < -0.3 is 20.1 Å². The quantitative estimate of drug-likeness (QED) is 0.658. The van der Waals surface area contributed by atoms with E-state index in [-0.39, 0.29) is 13.1 Å². The van der Waals surface area contributed by atoms with Crippen molar-refractivity contribution in [1.29, 1.82) is 0 Å². The molecule has 0 saturated carbocycles. The second-order valence-corrected chi connectivity index (χ2v) is 6.32. The van der Waals surface area contributed by atoms with Crippen LogP contribution in [0.3, 0.4) is 0 Å². The number of esters is 1. The van der Waals surface area contributed by atoms with Crippen molar-refractivity contribution < 1.29 is 23.9 Å².